The van der Waals surface area contributed by atoms with E-state index in [2.05, 4.69) is 15.2 Å². The van der Waals surface area contributed by atoms with Gasteiger partial charge in [0, 0.05) is 11.3 Å². The van der Waals surface area contributed by atoms with E-state index in [0.29, 0.717) is 10.8 Å². The number of fused-ring (bicyclic) bond motifs is 1. The van der Waals surface area contributed by atoms with E-state index in [-0.39, 0.29) is 0 Å². The molecule has 0 atom stereocenters. The predicted molar refractivity (Wildman–Crippen MR) is 113 cm³/mol. The first kappa shape index (κ1) is 20.6. The highest BCUT2D eigenvalue weighted by molar-refractivity contribution is 7.98. The Balaban J connectivity index is 1.61. The smallest absolute Gasteiger partial charge is 0.416 e. The number of halogens is 3. The second-order valence-electron chi connectivity index (χ2n) is 6.48. The molecule has 0 saturated heterocycles. The van der Waals surface area contributed by atoms with E-state index in [1.165, 1.54) is 23.9 Å². The fourth-order valence-corrected chi connectivity index (χ4v) is 4.77. The maximum Gasteiger partial charge on any atom is 0.416 e. The zero-order valence-corrected chi connectivity index (χ0v) is 17.7. The number of hydrogen-bond donors (Lipinski definition) is 0. The summed E-state index contributed by atoms with van der Waals surface area (Å²) in [4.78, 5) is 4.61. The van der Waals surface area contributed by atoms with Crippen LogP contribution in [0.5, 0.6) is 5.75 Å². The van der Waals surface area contributed by atoms with Crippen LogP contribution in [0.1, 0.15) is 16.1 Å². The van der Waals surface area contributed by atoms with Gasteiger partial charge in [0.25, 0.3) is 0 Å². The first-order valence-corrected chi connectivity index (χ1v) is 10.7. The standard InChI is InChI=1S/C21H16F3N3OS2/c1-12-25-18-19(30-12)17(14-5-9-16(28-2)10-6-14)26-27-20(18)29-11-13-3-7-15(8-4-13)21(22,23)24/h3-10H,11H2,1-2H3. The van der Waals surface area contributed by atoms with Crippen LogP contribution in [0.4, 0.5) is 13.2 Å². The van der Waals surface area contributed by atoms with Crippen molar-refractivity contribution in [1.82, 2.24) is 15.2 Å². The van der Waals surface area contributed by atoms with Crippen LogP contribution < -0.4 is 4.74 Å². The minimum atomic E-state index is -4.33. The van der Waals surface area contributed by atoms with Crippen molar-refractivity contribution in [3.05, 3.63) is 64.7 Å². The minimum absolute atomic E-state index is 0.473. The number of rotatable bonds is 5. The average Bonchev–Trinajstić information content (AvgIpc) is 3.13. The Morgan fingerprint density at radius 1 is 1.00 bits per heavy atom. The molecule has 0 fully saturated rings. The van der Waals surface area contributed by atoms with E-state index in [0.717, 1.165) is 49.9 Å². The summed E-state index contributed by atoms with van der Waals surface area (Å²) in [5.74, 6) is 1.23. The number of alkyl halides is 3. The summed E-state index contributed by atoms with van der Waals surface area (Å²) in [5.41, 5.74) is 2.54. The molecule has 0 saturated carbocycles. The lowest BCUT2D eigenvalue weighted by atomic mass is 10.1. The van der Waals surface area contributed by atoms with E-state index in [4.69, 9.17) is 4.74 Å². The molecule has 0 unspecified atom stereocenters. The van der Waals surface area contributed by atoms with Crippen molar-refractivity contribution in [1.29, 1.82) is 0 Å². The van der Waals surface area contributed by atoms with Gasteiger partial charge in [-0.25, -0.2) is 4.98 Å². The molecule has 9 heteroatoms. The van der Waals surface area contributed by atoms with Gasteiger partial charge in [0.2, 0.25) is 0 Å². The van der Waals surface area contributed by atoms with Crippen LogP contribution in [0.15, 0.2) is 53.6 Å². The van der Waals surface area contributed by atoms with Crippen molar-refractivity contribution in [2.75, 3.05) is 7.11 Å². The third kappa shape index (κ3) is 4.27. The van der Waals surface area contributed by atoms with E-state index in [9.17, 15) is 13.2 Å². The maximum absolute atomic E-state index is 12.7. The van der Waals surface area contributed by atoms with Crippen LogP contribution in [0.2, 0.25) is 0 Å². The highest BCUT2D eigenvalue weighted by Crippen LogP contribution is 2.37. The zero-order chi connectivity index (χ0) is 21.3. The molecular formula is C21H16F3N3OS2. The molecule has 2 aromatic heterocycles. The van der Waals surface area contributed by atoms with Crippen molar-refractivity contribution in [3.8, 4) is 17.0 Å². The quantitative estimate of drug-likeness (QED) is 0.332. The first-order valence-electron chi connectivity index (χ1n) is 8.92. The molecule has 2 aromatic carbocycles. The molecule has 154 valence electrons. The summed E-state index contributed by atoms with van der Waals surface area (Å²) in [6.45, 7) is 1.92. The normalized spacial score (nSPS) is 11.8. The Morgan fingerprint density at radius 2 is 1.70 bits per heavy atom. The number of hydrogen-bond acceptors (Lipinski definition) is 6. The van der Waals surface area contributed by atoms with Crippen LogP contribution in [0.25, 0.3) is 21.5 Å². The number of aromatic nitrogens is 3. The van der Waals surface area contributed by atoms with Crippen molar-refractivity contribution in [2.45, 2.75) is 23.9 Å². The maximum atomic E-state index is 12.7. The third-order valence-electron chi connectivity index (χ3n) is 4.41. The van der Waals surface area contributed by atoms with Gasteiger partial charge in [0.05, 0.1) is 22.4 Å². The molecule has 4 rings (SSSR count). The van der Waals surface area contributed by atoms with E-state index in [1.54, 1.807) is 18.4 Å². The number of nitrogens with zero attached hydrogens (tertiary/aromatic N) is 3. The zero-order valence-electron chi connectivity index (χ0n) is 16.0. The molecule has 0 amide bonds. The molecular weight excluding hydrogens is 431 g/mol. The van der Waals surface area contributed by atoms with Crippen LogP contribution in [-0.2, 0) is 11.9 Å². The number of benzene rings is 2. The van der Waals surface area contributed by atoms with Crippen molar-refractivity contribution in [3.63, 3.8) is 0 Å². The van der Waals surface area contributed by atoms with Gasteiger partial charge in [-0.1, -0.05) is 23.9 Å². The van der Waals surface area contributed by atoms with E-state index >= 15 is 0 Å². The van der Waals surface area contributed by atoms with Gasteiger partial charge in [0.1, 0.15) is 22.0 Å². The Bertz CT molecular complexity index is 1170. The molecule has 0 spiro atoms. The first-order chi connectivity index (χ1) is 14.3. The Hall–Kier alpha value is -2.65. The van der Waals surface area contributed by atoms with E-state index in [1.807, 2.05) is 31.2 Å². The summed E-state index contributed by atoms with van der Waals surface area (Å²) < 4.78 is 44.3. The SMILES string of the molecule is COc1ccc(-c2nnc(SCc3ccc(C(F)(F)F)cc3)c3nc(C)sc23)cc1. The fraction of sp³-hybridized carbons (Fsp3) is 0.190. The molecule has 4 aromatic rings. The Kier molecular flexibility index (Phi) is 5.66. The van der Waals surface area contributed by atoms with Crippen LogP contribution in [0.3, 0.4) is 0 Å². The molecule has 0 bridgehead atoms. The minimum Gasteiger partial charge on any atom is -0.497 e. The predicted octanol–water partition coefficient (Wildman–Crippen LogP) is 6.38. The van der Waals surface area contributed by atoms with Gasteiger partial charge in [-0.05, 0) is 48.9 Å². The van der Waals surface area contributed by atoms with E-state index < -0.39 is 11.7 Å². The average molecular weight is 448 g/mol. The monoisotopic (exact) mass is 447 g/mol. The van der Waals surface area contributed by atoms with Gasteiger partial charge < -0.3 is 4.74 Å². The number of aryl methyl sites for hydroxylation is 1. The lowest BCUT2D eigenvalue weighted by Gasteiger charge is -2.08. The van der Waals surface area contributed by atoms with Gasteiger partial charge >= 0.3 is 6.18 Å². The molecule has 4 nitrogen and oxygen atoms in total. The molecule has 0 aliphatic carbocycles. The molecule has 30 heavy (non-hydrogen) atoms. The summed E-state index contributed by atoms with van der Waals surface area (Å²) in [7, 11) is 1.61. The molecule has 0 N–H and O–H groups in total. The Morgan fingerprint density at radius 3 is 2.33 bits per heavy atom. The second kappa shape index (κ2) is 8.23. The fourth-order valence-electron chi connectivity index (χ4n) is 2.90. The van der Waals surface area contributed by atoms with Crippen molar-refractivity contribution in [2.24, 2.45) is 0 Å². The van der Waals surface area contributed by atoms with Crippen molar-refractivity contribution >= 4 is 33.3 Å². The van der Waals surface area contributed by atoms with Gasteiger partial charge in [-0.3, -0.25) is 0 Å². The Labute approximate surface area is 179 Å². The lowest BCUT2D eigenvalue weighted by molar-refractivity contribution is -0.137. The number of thiazole rings is 1. The lowest BCUT2D eigenvalue weighted by Crippen LogP contribution is -2.04. The highest BCUT2D eigenvalue weighted by Gasteiger charge is 2.29. The van der Waals surface area contributed by atoms with Gasteiger partial charge in [-0.15, -0.1) is 21.5 Å². The number of ether oxygens (including phenoxy) is 1. The topological polar surface area (TPSA) is 47.9 Å². The summed E-state index contributed by atoms with van der Waals surface area (Å²) in [6.07, 6.45) is -4.33. The van der Waals surface area contributed by atoms with Crippen LogP contribution in [0, 0.1) is 6.92 Å². The molecule has 0 aliphatic rings. The van der Waals surface area contributed by atoms with Gasteiger partial charge in [-0.2, -0.15) is 13.2 Å². The summed E-state index contributed by atoms with van der Waals surface area (Å²) in [5, 5.41) is 10.3. The summed E-state index contributed by atoms with van der Waals surface area (Å²) >= 11 is 2.95. The van der Waals surface area contributed by atoms with Crippen LogP contribution >= 0.6 is 23.1 Å². The molecule has 0 aliphatic heterocycles. The van der Waals surface area contributed by atoms with Crippen molar-refractivity contribution < 1.29 is 17.9 Å². The van der Waals surface area contributed by atoms with Gasteiger partial charge in [0.15, 0.2) is 0 Å². The second-order valence-corrected chi connectivity index (χ2v) is 8.64. The molecule has 0 radical (unpaired) electrons. The number of methoxy groups -OCH3 is 1. The largest absolute Gasteiger partial charge is 0.497 e. The number of thioether (sulfide) groups is 1. The highest BCUT2D eigenvalue weighted by atomic mass is 32.2. The van der Waals surface area contributed by atoms with Crippen LogP contribution in [-0.4, -0.2) is 22.3 Å². The summed E-state index contributed by atoms with van der Waals surface area (Å²) in [6, 6.07) is 12.7. The third-order valence-corrected chi connectivity index (χ3v) is 6.42. The molecule has 2 heterocycles.